The number of benzene rings is 1. The minimum absolute atomic E-state index is 0.0869. The first-order chi connectivity index (χ1) is 15.0. The molecule has 166 valence electrons. The summed E-state index contributed by atoms with van der Waals surface area (Å²) in [5, 5.41) is 5.26. The van der Waals surface area contributed by atoms with Crippen molar-refractivity contribution in [2.24, 2.45) is 0 Å². The third-order valence-corrected chi connectivity index (χ3v) is 6.68. The maximum Gasteiger partial charge on any atom is 0.280 e. The van der Waals surface area contributed by atoms with Gasteiger partial charge in [-0.3, -0.25) is 19.3 Å². The molecule has 0 N–H and O–H groups in total. The normalized spacial score (nSPS) is 15.1. The minimum atomic E-state index is -0.0869. The summed E-state index contributed by atoms with van der Waals surface area (Å²) >= 11 is 1.58. The molecule has 1 aliphatic rings. The molecule has 0 saturated carbocycles. The average Bonchev–Trinajstić information content (AvgIpc) is 3.44. The van der Waals surface area contributed by atoms with Crippen LogP contribution in [-0.2, 0) is 11.2 Å². The molecule has 0 atom stereocenters. The molecule has 1 aliphatic heterocycles. The first-order valence-electron chi connectivity index (χ1n) is 11.1. The lowest BCUT2D eigenvalue weighted by Gasteiger charge is -2.27. The molecule has 0 bridgehead atoms. The maximum atomic E-state index is 13.4. The van der Waals surface area contributed by atoms with Crippen molar-refractivity contribution in [2.45, 2.75) is 39.7 Å². The van der Waals surface area contributed by atoms with Gasteiger partial charge in [0.25, 0.3) is 5.91 Å². The van der Waals surface area contributed by atoms with Crippen LogP contribution in [0.2, 0.25) is 0 Å². The van der Waals surface area contributed by atoms with E-state index in [0.717, 1.165) is 61.0 Å². The van der Waals surface area contributed by atoms with Crippen LogP contribution in [0, 0.1) is 0 Å². The number of ether oxygens (including phenoxy) is 1. The molecule has 3 heterocycles. The first-order valence-corrected chi connectivity index (χ1v) is 11.9. The number of aryl methyl sites for hydroxylation is 1. The van der Waals surface area contributed by atoms with E-state index in [9.17, 15) is 4.79 Å². The highest BCUT2D eigenvalue weighted by atomic mass is 32.1. The fraction of sp³-hybridized carbons (Fsp3) is 0.522. The summed E-state index contributed by atoms with van der Waals surface area (Å²) in [5.74, 6) is -0.0869. The third-order valence-electron chi connectivity index (χ3n) is 5.64. The number of amides is 1. The van der Waals surface area contributed by atoms with Crippen LogP contribution in [0.25, 0.3) is 10.2 Å². The topological polar surface area (TPSA) is 63.5 Å². The predicted molar refractivity (Wildman–Crippen MR) is 125 cm³/mol. The molecule has 7 nitrogen and oxygen atoms in total. The van der Waals surface area contributed by atoms with Gasteiger partial charge in [0.2, 0.25) is 0 Å². The van der Waals surface area contributed by atoms with Gasteiger partial charge in [-0.15, -0.1) is 0 Å². The zero-order chi connectivity index (χ0) is 21.8. The summed E-state index contributed by atoms with van der Waals surface area (Å²) < 4.78 is 8.38. The summed E-state index contributed by atoms with van der Waals surface area (Å²) in [4.78, 5) is 22.4. The smallest absolute Gasteiger partial charge is 0.280 e. The van der Waals surface area contributed by atoms with Crippen molar-refractivity contribution in [3.63, 3.8) is 0 Å². The molecule has 31 heavy (non-hydrogen) atoms. The Labute approximate surface area is 187 Å². The fourth-order valence-corrected chi connectivity index (χ4v) is 4.79. The van der Waals surface area contributed by atoms with Crippen LogP contribution in [-0.4, -0.2) is 65.0 Å². The minimum Gasteiger partial charge on any atom is -0.379 e. The summed E-state index contributed by atoms with van der Waals surface area (Å²) in [7, 11) is 0. The SMILES string of the molecule is CCc1ccc2nc(N(CCCN3CCOCC3)C(=O)c3ccn(C(C)C)n3)sc2c1. The van der Waals surface area contributed by atoms with Crippen LogP contribution in [0.5, 0.6) is 0 Å². The maximum absolute atomic E-state index is 13.4. The summed E-state index contributed by atoms with van der Waals surface area (Å²) in [6.07, 6.45) is 3.74. The number of rotatable bonds is 8. The Balaban J connectivity index is 1.57. The van der Waals surface area contributed by atoms with Gasteiger partial charge in [0.1, 0.15) is 0 Å². The van der Waals surface area contributed by atoms with E-state index >= 15 is 0 Å². The number of morpholine rings is 1. The number of nitrogens with zero attached hydrogens (tertiary/aromatic N) is 5. The van der Waals surface area contributed by atoms with Crippen molar-refractivity contribution >= 4 is 32.6 Å². The van der Waals surface area contributed by atoms with E-state index in [2.05, 4.69) is 49.0 Å². The van der Waals surface area contributed by atoms with E-state index in [1.165, 1.54) is 5.56 Å². The van der Waals surface area contributed by atoms with Crippen LogP contribution in [0.15, 0.2) is 30.5 Å². The number of aromatic nitrogens is 3. The van der Waals surface area contributed by atoms with Crippen LogP contribution in [0.3, 0.4) is 0 Å². The van der Waals surface area contributed by atoms with Crippen LogP contribution < -0.4 is 4.90 Å². The first kappa shape index (κ1) is 21.9. The van der Waals surface area contributed by atoms with Gasteiger partial charge in [-0.2, -0.15) is 5.10 Å². The molecule has 1 aromatic carbocycles. The molecular formula is C23H31N5O2S. The number of hydrogen-bond acceptors (Lipinski definition) is 6. The molecule has 1 amide bonds. The summed E-state index contributed by atoms with van der Waals surface area (Å²) in [6.45, 7) is 11.3. The third kappa shape index (κ3) is 5.14. The number of hydrogen-bond donors (Lipinski definition) is 0. The van der Waals surface area contributed by atoms with Crippen LogP contribution in [0.4, 0.5) is 5.13 Å². The zero-order valence-corrected chi connectivity index (χ0v) is 19.4. The molecule has 0 radical (unpaired) electrons. The molecule has 0 unspecified atom stereocenters. The van der Waals surface area contributed by atoms with Gasteiger partial charge in [-0.25, -0.2) is 4.98 Å². The number of carbonyl (C=O) groups is 1. The average molecular weight is 442 g/mol. The molecule has 1 fully saturated rings. The lowest BCUT2D eigenvalue weighted by molar-refractivity contribution is 0.0376. The number of thiazole rings is 1. The standard InChI is InChI=1S/C23H31N5O2S/c1-4-18-6-7-19-21(16-18)31-23(24-19)27(10-5-9-26-12-14-30-15-13-26)22(29)20-8-11-28(25-20)17(2)3/h6-8,11,16-17H,4-5,9-10,12-15H2,1-3H3. The Hall–Kier alpha value is -2.29. The molecular weight excluding hydrogens is 410 g/mol. The largest absolute Gasteiger partial charge is 0.379 e. The van der Waals surface area contributed by atoms with Crippen LogP contribution >= 0.6 is 11.3 Å². The molecule has 2 aromatic heterocycles. The highest BCUT2D eigenvalue weighted by Gasteiger charge is 2.24. The monoisotopic (exact) mass is 441 g/mol. The van der Waals surface area contributed by atoms with Gasteiger partial charge in [0.05, 0.1) is 23.4 Å². The number of carbonyl (C=O) groups excluding carboxylic acids is 1. The molecule has 3 aromatic rings. The van der Waals surface area contributed by atoms with Crippen molar-refractivity contribution in [2.75, 3.05) is 44.3 Å². The van der Waals surface area contributed by atoms with E-state index in [4.69, 9.17) is 9.72 Å². The van der Waals surface area contributed by atoms with Gasteiger partial charge in [-0.05, 0) is 50.5 Å². The lowest BCUT2D eigenvalue weighted by atomic mass is 10.2. The van der Waals surface area contributed by atoms with Crippen molar-refractivity contribution in [3.8, 4) is 0 Å². The Morgan fingerprint density at radius 3 is 2.77 bits per heavy atom. The second-order valence-corrected chi connectivity index (χ2v) is 9.20. The van der Waals surface area contributed by atoms with E-state index in [-0.39, 0.29) is 11.9 Å². The molecule has 8 heteroatoms. The summed E-state index contributed by atoms with van der Waals surface area (Å²) in [5.41, 5.74) is 2.69. The Bertz CT molecular complexity index is 1020. The zero-order valence-electron chi connectivity index (χ0n) is 18.6. The molecule has 4 rings (SSSR count). The highest BCUT2D eigenvalue weighted by molar-refractivity contribution is 7.22. The quantitative estimate of drug-likeness (QED) is 0.529. The van der Waals surface area contributed by atoms with Gasteiger partial charge < -0.3 is 4.74 Å². The second-order valence-electron chi connectivity index (χ2n) is 8.19. The van der Waals surface area contributed by atoms with E-state index in [1.54, 1.807) is 17.4 Å². The van der Waals surface area contributed by atoms with Crippen molar-refractivity contribution in [1.29, 1.82) is 0 Å². The lowest BCUT2D eigenvalue weighted by Crippen LogP contribution is -2.39. The summed E-state index contributed by atoms with van der Waals surface area (Å²) in [6, 6.07) is 8.37. The Morgan fingerprint density at radius 1 is 1.26 bits per heavy atom. The van der Waals surface area contributed by atoms with Gasteiger partial charge in [-0.1, -0.05) is 24.3 Å². The van der Waals surface area contributed by atoms with Gasteiger partial charge in [0.15, 0.2) is 10.8 Å². The van der Waals surface area contributed by atoms with E-state index < -0.39 is 0 Å². The van der Waals surface area contributed by atoms with Crippen LogP contribution in [0.1, 0.15) is 49.3 Å². The fourth-order valence-electron chi connectivity index (χ4n) is 3.73. The molecule has 0 spiro atoms. The van der Waals surface area contributed by atoms with E-state index in [1.807, 2.05) is 15.8 Å². The second kappa shape index (κ2) is 9.89. The highest BCUT2D eigenvalue weighted by Crippen LogP contribution is 2.30. The van der Waals surface area contributed by atoms with E-state index in [0.29, 0.717) is 12.2 Å². The van der Waals surface area contributed by atoms with Gasteiger partial charge in [0, 0.05) is 38.4 Å². The predicted octanol–water partition coefficient (Wildman–Crippen LogP) is 4.01. The van der Waals surface area contributed by atoms with Crippen molar-refractivity contribution in [1.82, 2.24) is 19.7 Å². The van der Waals surface area contributed by atoms with Crippen molar-refractivity contribution < 1.29 is 9.53 Å². The van der Waals surface area contributed by atoms with Gasteiger partial charge >= 0.3 is 0 Å². The Kier molecular flexibility index (Phi) is 6.99. The Morgan fingerprint density at radius 2 is 2.06 bits per heavy atom. The molecule has 1 saturated heterocycles. The number of anilines is 1. The molecule has 0 aliphatic carbocycles. The number of fused-ring (bicyclic) bond motifs is 1. The van der Waals surface area contributed by atoms with Crippen molar-refractivity contribution in [3.05, 3.63) is 41.7 Å².